The van der Waals surface area contributed by atoms with Gasteiger partial charge in [-0.3, -0.25) is 14.3 Å². The van der Waals surface area contributed by atoms with Gasteiger partial charge in [-0.1, -0.05) is 23.7 Å². The summed E-state index contributed by atoms with van der Waals surface area (Å²) in [5, 5.41) is 7.96. The maximum absolute atomic E-state index is 13.0. The molecule has 0 spiro atoms. The van der Waals surface area contributed by atoms with Crippen LogP contribution in [-0.4, -0.2) is 33.7 Å². The van der Waals surface area contributed by atoms with Gasteiger partial charge in [-0.25, -0.2) is 4.79 Å². The normalized spacial score (nSPS) is 11.0. The molecule has 0 saturated carbocycles. The highest BCUT2D eigenvalue weighted by Crippen LogP contribution is 2.34. The van der Waals surface area contributed by atoms with E-state index >= 15 is 0 Å². The van der Waals surface area contributed by atoms with Crippen LogP contribution in [0.3, 0.4) is 0 Å². The molecule has 33 heavy (non-hydrogen) atoms. The number of nitrogens with one attached hydrogen (secondary N) is 1. The van der Waals surface area contributed by atoms with Gasteiger partial charge in [0, 0.05) is 5.56 Å². The molecule has 1 aromatic carbocycles. The molecule has 0 aliphatic carbocycles. The van der Waals surface area contributed by atoms with Crippen LogP contribution in [0.2, 0.25) is 5.02 Å². The van der Waals surface area contributed by atoms with Crippen LogP contribution in [0.15, 0.2) is 24.3 Å². The number of primary amides is 1. The molecule has 2 amide bonds. The van der Waals surface area contributed by atoms with Crippen molar-refractivity contribution in [3.05, 3.63) is 67.8 Å². The molecule has 3 N–H and O–H groups in total. The lowest BCUT2D eigenvalue weighted by Crippen LogP contribution is -2.18. The van der Waals surface area contributed by atoms with E-state index in [2.05, 4.69) is 10.4 Å². The number of rotatable bonds is 7. The Bertz CT molecular complexity index is 1250. The number of thiophene rings is 1. The Kier molecular flexibility index (Phi) is 7.24. The molecular formula is C23H25ClN4O4S. The SMILES string of the molecule is Cc1nn(Cc2cccc(C(=O)Nc3sc(C(=O)OC(C)C)c(C)c3C(N)=O)c2)c(C)c1Cl. The maximum Gasteiger partial charge on any atom is 0.348 e. The largest absolute Gasteiger partial charge is 0.459 e. The number of anilines is 1. The van der Waals surface area contributed by atoms with Gasteiger partial charge < -0.3 is 15.8 Å². The Morgan fingerprint density at radius 2 is 1.94 bits per heavy atom. The molecule has 3 rings (SSSR count). The van der Waals surface area contributed by atoms with Crippen molar-refractivity contribution in [2.45, 2.75) is 47.3 Å². The van der Waals surface area contributed by atoms with Gasteiger partial charge in [0.05, 0.1) is 34.6 Å². The first-order valence-corrected chi connectivity index (χ1v) is 11.4. The molecule has 0 saturated heterocycles. The highest BCUT2D eigenvalue weighted by molar-refractivity contribution is 7.18. The van der Waals surface area contributed by atoms with E-state index in [9.17, 15) is 14.4 Å². The van der Waals surface area contributed by atoms with Crippen LogP contribution in [0.5, 0.6) is 0 Å². The van der Waals surface area contributed by atoms with Crippen molar-refractivity contribution in [3.8, 4) is 0 Å². The summed E-state index contributed by atoms with van der Waals surface area (Å²) in [6.07, 6.45) is -0.325. The van der Waals surface area contributed by atoms with Gasteiger partial charge in [0.25, 0.3) is 11.8 Å². The van der Waals surface area contributed by atoms with Crippen LogP contribution >= 0.6 is 22.9 Å². The predicted molar refractivity (Wildman–Crippen MR) is 128 cm³/mol. The molecular weight excluding hydrogens is 464 g/mol. The molecule has 174 valence electrons. The van der Waals surface area contributed by atoms with Crippen LogP contribution in [0, 0.1) is 20.8 Å². The number of hydrogen-bond acceptors (Lipinski definition) is 6. The summed E-state index contributed by atoms with van der Waals surface area (Å²) in [6, 6.07) is 7.03. The zero-order valence-corrected chi connectivity index (χ0v) is 20.6. The number of aromatic nitrogens is 2. The van der Waals surface area contributed by atoms with Crippen LogP contribution in [0.4, 0.5) is 5.00 Å². The van der Waals surface area contributed by atoms with E-state index in [4.69, 9.17) is 22.1 Å². The van der Waals surface area contributed by atoms with Gasteiger partial charge in [0.15, 0.2) is 0 Å². The number of aryl methyl sites for hydroxylation is 1. The molecule has 0 radical (unpaired) electrons. The van der Waals surface area contributed by atoms with Gasteiger partial charge >= 0.3 is 5.97 Å². The second-order valence-corrected chi connectivity index (χ2v) is 9.27. The molecule has 10 heteroatoms. The third-order valence-corrected chi connectivity index (χ3v) is 6.70. The Balaban J connectivity index is 1.87. The van der Waals surface area contributed by atoms with Crippen molar-refractivity contribution < 1.29 is 19.1 Å². The molecule has 8 nitrogen and oxygen atoms in total. The number of amides is 2. The Morgan fingerprint density at radius 1 is 1.24 bits per heavy atom. The lowest BCUT2D eigenvalue weighted by Gasteiger charge is -2.08. The molecule has 3 aromatic rings. The molecule has 0 atom stereocenters. The van der Waals surface area contributed by atoms with E-state index in [1.807, 2.05) is 19.9 Å². The molecule has 2 heterocycles. The van der Waals surface area contributed by atoms with E-state index in [1.54, 1.807) is 43.7 Å². The Morgan fingerprint density at radius 3 is 2.52 bits per heavy atom. The summed E-state index contributed by atoms with van der Waals surface area (Å²) in [5.74, 6) is -1.74. The fraction of sp³-hybridized carbons (Fsp3) is 0.304. The third kappa shape index (κ3) is 5.26. The number of ether oxygens (including phenoxy) is 1. The minimum absolute atomic E-state index is 0.0949. The number of carbonyl (C=O) groups is 3. The Labute approximate surface area is 200 Å². The zero-order valence-electron chi connectivity index (χ0n) is 19.0. The summed E-state index contributed by atoms with van der Waals surface area (Å²) in [6.45, 7) is 9.21. The fourth-order valence-electron chi connectivity index (χ4n) is 3.35. The molecule has 0 fully saturated rings. The minimum Gasteiger partial charge on any atom is -0.459 e. The summed E-state index contributed by atoms with van der Waals surface area (Å²) < 4.78 is 7.01. The minimum atomic E-state index is -0.738. The van der Waals surface area contributed by atoms with Gasteiger partial charge in [0.2, 0.25) is 0 Å². The third-order valence-electron chi connectivity index (χ3n) is 4.96. The highest BCUT2D eigenvalue weighted by Gasteiger charge is 2.26. The lowest BCUT2D eigenvalue weighted by atomic mass is 10.1. The first-order chi connectivity index (χ1) is 15.5. The zero-order chi connectivity index (χ0) is 24.4. The Hall–Kier alpha value is -3.17. The first kappa shape index (κ1) is 24.5. The summed E-state index contributed by atoms with van der Waals surface area (Å²) >= 11 is 7.19. The number of nitrogens with two attached hydrogens (primary N) is 1. The van der Waals surface area contributed by atoms with Crippen molar-refractivity contribution in [1.29, 1.82) is 0 Å². The van der Waals surface area contributed by atoms with Crippen molar-refractivity contribution in [2.24, 2.45) is 5.73 Å². The van der Waals surface area contributed by atoms with Crippen LogP contribution < -0.4 is 11.1 Å². The second kappa shape index (κ2) is 9.76. The first-order valence-electron chi connectivity index (χ1n) is 10.2. The summed E-state index contributed by atoms with van der Waals surface area (Å²) in [4.78, 5) is 37.6. The smallest absolute Gasteiger partial charge is 0.348 e. The average molecular weight is 489 g/mol. The van der Waals surface area contributed by atoms with E-state index in [0.717, 1.165) is 28.3 Å². The number of carbonyl (C=O) groups excluding carboxylic acids is 3. The summed E-state index contributed by atoms with van der Waals surface area (Å²) in [5.41, 5.74) is 8.81. The van der Waals surface area contributed by atoms with E-state index in [0.29, 0.717) is 22.7 Å². The van der Waals surface area contributed by atoms with Crippen molar-refractivity contribution in [1.82, 2.24) is 9.78 Å². The molecule has 0 unspecified atom stereocenters. The summed E-state index contributed by atoms with van der Waals surface area (Å²) in [7, 11) is 0. The van der Waals surface area contributed by atoms with Gasteiger partial charge in [-0.15, -0.1) is 11.3 Å². The number of esters is 1. The number of hydrogen-bond donors (Lipinski definition) is 2. The quantitative estimate of drug-likeness (QED) is 0.475. The number of benzene rings is 1. The fourth-order valence-corrected chi connectivity index (χ4v) is 4.57. The molecule has 0 bridgehead atoms. The van der Waals surface area contributed by atoms with E-state index < -0.39 is 17.8 Å². The molecule has 2 aromatic heterocycles. The van der Waals surface area contributed by atoms with Gasteiger partial charge in [-0.05, 0) is 57.9 Å². The van der Waals surface area contributed by atoms with E-state index in [1.165, 1.54) is 0 Å². The van der Waals surface area contributed by atoms with Crippen LogP contribution in [0.1, 0.15) is 66.7 Å². The van der Waals surface area contributed by atoms with Crippen molar-refractivity contribution >= 4 is 45.7 Å². The number of nitrogens with zero attached hydrogens (tertiary/aromatic N) is 2. The van der Waals surface area contributed by atoms with Gasteiger partial charge in [-0.2, -0.15) is 5.10 Å². The average Bonchev–Trinajstić information content (AvgIpc) is 3.18. The highest BCUT2D eigenvalue weighted by atomic mass is 35.5. The standard InChI is InChI=1S/C23H25ClN4O4S/c1-11(2)32-23(31)19-12(3)17(20(25)29)22(33-19)26-21(30)16-8-6-7-15(9-16)10-28-14(5)18(24)13(4)27-28/h6-9,11H,10H2,1-5H3,(H2,25,29)(H,26,30). The van der Waals surface area contributed by atoms with Crippen LogP contribution in [0.25, 0.3) is 0 Å². The van der Waals surface area contributed by atoms with Crippen molar-refractivity contribution in [3.63, 3.8) is 0 Å². The topological polar surface area (TPSA) is 116 Å². The number of halogens is 1. The maximum atomic E-state index is 13.0. The van der Waals surface area contributed by atoms with Gasteiger partial charge in [0.1, 0.15) is 9.88 Å². The molecule has 0 aliphatic heterocycles. The predicted octanol–water partition coefficient (Wildman–Crippen LogP) is 4.49. The monoisotopic (exact) mass is 488 g/mol. The molecule has 0 aliphatic rings. The lowest BCUT2D eigenvalue weighted by molar-refractivity contribution is 0.0383. The van der Waals surface area contributed by atoms with Crippen LogP contribution in [-0.2, 0) is 11.3 Å². The van der Waals surface area contributed by atoms with Crippen molar-refractivity contribution in [2.75, 3.05) is 5.32 Å². The second-order valence-electron chi connectivity index (χ2n) is 7.88. The van der Waals surface area contributed by atoms with E-state index in [-0.39, 0.29) is 21.5 Å².